The van der Waals surface area contributed by atoms with Crippen molar-refractivity contribution in [2.24, 2.45) is 0 Å². The van der Waals surface area contributed by atoms with Gasteiger partial charge in [-0.25, -0.2) is 4.98 Å². The van der Waals surface area contributed by atoms with Crippen LogP contribution in [0.15, 0.2) is 9.95 Å². The summed E-state index contributed by atoms with van der Waals surface area (Å²) in [6.45, 7) is 12.5. The minimum Gasteiger partial charge on any atom is -0.355 e. The number of aromatic nitrogens is 2. The second kappa shape index (κ2) is 9.56. The SMILES string of the molecule is CCNC(=O)CN(CC)C(=O)CSc1nc2sc(C)c(C)c2c(=O)n1C(C)C. The third-order valence-electron chi connectivity index (χ3n) is 4.49. The molecule has 28 heavy (non-hydrogen) atoms. The standard InChI is InChI=1S/C19H28N4O3S2/c1-7-20-14(24)9-22(8-2)15(25)10-27-19-21-17-16(12(5)13(6)28-17)18(26)23(19)11(3)4/h11H,7-10H2,1-6H3,(H,20,24). The van der Waals surface area contributed by atoms with E-state index in [0.29, 0.717) is 28.5 Å². The fraction of sp³-hybridized carbons (Fsp3) is 0.579. The number of hydrogen-bond acceptors (Lipinski definition) is 6. The molecular formula is C19H28N4O3S2. The Labute approximate surface area is 173 Å². The maximum atomic E-state index is 13.0. The number of fused-ring (bicyclic) bond motifs is 1. The van der Waals surface area contributed by atoms with Crippen LogP contribution in [-0.2, 0) is 9.59 Å². The molecule has 9 heteroatoms. The van der Waals surface area contributed by atoms with Gasteiger partial charge in [0.1, 0.15) is 4.83 Å². The van der Waals surface area contributed by atoms with E-state index in [-0.39, 0.29) is 35.7 Å². The summed E-state index contributed by atoms with van der Waals surface area (Å²) in [7, 11) is 0. The molecule has 0 fully saturated rings. The van der Waals surface area contributed by atoms with Crippen LogP contribution >= 0.6 is 23.1 Å². The second-order valence-corrected chi connectivity index (χ2v) is 8.92. The summed E-state index contributed by atoms with van der Waals surface area (Å²) in [5.41, 5.74) is 0.907. The Morgan fingerprint density at radius 1 is 1.29 bits per heavy atom. The quantitative estimate of drug-likeness (QED) is 0.520. The van der Waals surface area contributed by atoms with Gasteiger partial charge in [0.2, 0.25) is 11.8 Å². The van der Waals surface area contributed by atoms with Crippen molar-refractivity contribution >= 4 is 45.1 Å². The number of amides is 2. The number of nitrogens with zero attached hydrogens (tertiary/aromatic N) is 3. The van der Waals surface area contributed by atoms with Crippen LogP contribution < -0.4 is 10.9 Å². The number of thioether (sulfide) groups is 1. The Balaban J connectivity index is 2.28. The molecule has 1 N–H and O–H groups in total. The van der Waals surface area contributed by atoms with Gasteiger partial charge in [0.05, 0.1) is 17.7 Å². The number of likely N-dealkylation sites (N-methyl/N-ethyl adjacent to an activating group) is 2. The number of thiophene rings is 1. The molecule has 0 saturated heterocycles. The van der Waals surface area contributed by atoms with E-state index in [0.717, 1.165) is 10.4 Å². The van der Waals surface area contributed by atoms with Gasteiger partial charge in [-0.05, 0) is 47.1 Å². The van der Waals surface area contributed by atoms with Gasteiger partial charge in [-0.3, -0.25) is 19.0 Å². The molecule has 0 spiro atoms. The van der Waals surface area contributed by atoms with Crippen LogP contribution in [0.1, 0.15) is 44.2 Å². The minimum absolute atomic E-state index is 0.0382. The summed E-state index contributed by atoms with van der Waals surface area (Å²) in [5, 5.41) is 3.91. The van der Waals surface area contributed by atoms with Crippen LogP contribution in [0.4, 0.5) is 0 Å². The van der Waals surface area contributed by atoms with Crippen LogP contribution in [-0.4, -0.2) is 51.7 Å². The summed E-state index contributed by atoms with van der Waals surface area (Å²) < 4.78 is 1.65. The number of rotatable bonds is 8. The molecule has 2 heterocycles. The molecule has 0 aliphatic rings. The van der Waals surface area contributed by atoms with Crippen molar-refractivity contribution in [1.29, 1.82) is 0 Å². The molecule has 2 rings (SSSR count). The molecule has 0 radical (unpaired) electrons. The molecule has 0 aromatic carbocycles. The summed E-state index contributed by atoms with van der Waals surface area (Å²) >= 11 is 2.75. The predicted molar refractivity (Wildman–Crippen MR) is 115 cm³/mol. The van der Waals surface area contributed by atoms with Crippen molar-refractivity contribution in [1.82, 2.24) is 19.8 Å². The summed E-state index contributed by atoms with van der Waals surface area (Å²) in [6.07, 6.45) is 0. The van der Waals surface area contributed by atoms with Gasteiger partial charge in [0, 0.05) is 24.0 Å². The Morgan fingerprint density at radius 3 is 2.54 bits per heavy atom. The van der Waals surface area contributed by atoms with Gasteiger partial charge in [0.25, 0.3) is 5.56 Å². The predicted octanol–water partition coefficient (Wildman–Crippen LogP) is 2.73. The van der Waals surface area contributed by atoms with E-state index in [4.69, 9.17) is 0 Å². The van der Waals surface area contributed by atoms with E-state index < -0.39 is 0 Å². The van der Waals surface area contributed by atoms with Crippen molar-refractivity contribution < 1.29 is 9.59 Å². The third kappa shape index (κ3) is 4.75. The van der Waals surface area contributed by atoms with E-state index in [1.807, 2.05) is 41.5 Å². The first-order valence-electron chi connectivity index (χ1n) is 9.40. The largest absolute Gasteiger partial charge is 0.355 e. The molecule has 154 valence electrons. The average molecular weight is 425 g/mol. The Bertz CT molecular complexity index is 933. The van der Waals surface area contributed by atoms with Gasteiger partial charge < -0.3 is 10.2 Å². The van der Waals surface area contributed by atoms with E-state index in [1.165, 1.54) is 28.0 Å². The Morgan fingerprint density at radius 2 is 1.96 bits per heavy atom. The summed E-state index contributed by atoms with van der Waals surface area (Å²) in [6, 6.07) is -0.0702. The van der Waals surface area contributed by atoms with Crippen LogP contribution in [0.2, 0.25) is 0 Å². The zero-order valence-electron chi connectivity index (χ0n) is 17.3. The number of carbonyl (C=O) groups excluding carboxylic acids is 2. The molecule has 2 aromatic heterocycles. The molecule has 0 atom stereocenters. The van der Waals surface area contributed by atoms with Crippen molar-refractivity contribution in [2.45, 2.75) is 52.7 Å². The topological polar surface area (TPSA) is 84.3 Å². The first-order valence-corrected chi connectivity index (χ1v) is 11.2. The lowest BCUT2D eigenvalue weighted by Gasteiger charge is -2.21. The number of carbonyl (C=O) groups is 2. The maximum Gasteiger partial charge on any atom is 0.263 e. The molecular weight excluding hydrogens is 396 g/mol. The highest BCUT2D eigenvalue weighted by atomic mass is 32.2. The minimum atomic E-state index is -0.175. The van der Waals surface area contributed by atoms with Crippen molar-refractivity contribution in [3.8, 4) is 0 Å². The van der Waals surface area contributed by atoms with E-state index in [9.17, 15) is 14.4 Å². The molecule has 0 bridgehead atoms. The fourth-order valence-corrected chi connectivity index (χ4v) is 4.97. The van der Waals surface area contributed by atoms with E-state index in [2.05, 4.69) is 10.3 Å². The molecule has 2 aromatic rings. The third-order valence-corrected chi connectivity index (χ3v) is 6.53. The normalized spacial score (nSPS) is 11.2. The van der Waals surface area contributed by atoms with Crippen molar-refractivity contribution in [3.63, 3.8) is 0 Å². The molecule has 0 aliphatic carbocycles. The zero-order chi connectivity index (χ0) is 21.0. The summed E-state index contributed by atoms with van der Waals surface area (Å²) in [4.78, 5) is 45.4. The molecule has 0 saturated carbocycles. The highest BCUT2D eigenvalue weighted by Gasteiger charge is 2.21. The highest BCUT2D eigenvalue weighted by molar-refractivity contribution is 7.99. The highest BCUT2D eigenvalue weighted by Crippen LogP contribution is 2.29. The maximum absolute atomic E-state index is 13.0. The van der Waals surface area contributed by atoms with Crippen LogP contribution in [0.3, 0.4) is 0 Å². The lowest BCUT2D eigenvalue weighted by atomic mass is 10.2. The molecule has 2 amide bonds. The number of nitrogens with one attached hydrogen (secondary N) is 1. The lowest BCUT2D eigenvalue weighted by molar-refractivity contribution is -0.133. The molecule has 0 unspecified atom stereocenters. The Kier molecular flexibility index (Phi) is 7.65. The fourth-order valence-electron chi connectivity index (χ4n) is 2.87. The van der Waals surface area contributed by atoms with E-state index >= 15 is 0 Å². The Hall–Kier alpha value is -1.87. The lowest BCUT2D eigenvalue weighted by Crippen LogP contribution is -2.41. The van der Waals surface area contributed by atoms with Crippen molar-refractivity contribution in [3.05, 3.63) is 20.8 Å². The van der Waals surface area contributed by atoms with Gasteiger partial charge in [-0.2, -0.15) is 0 Å². The van der Waals surface area contributed by atoms with Gasteiger partial charge in [0.15, 0.2) is 5.16 Å². The average Bonchev–Trinajstić information content (AvgIpc) is 2.91. The van der Waals surface area contributed by atoms with E-state index in [1.54, 1.807) is 4.57 Å². The zero-order valence-corrected chi connectivity index (χ0v) is 18.9. The summed E-state index contributed by atoms with van der Waals surface area (Å²) in [5.74, 6) is -0.200. The van der Waals surface area contributed by atoms with Crippen LogP contribution in [0.5, 0.6) is 0 Å². The van der Waals surface area contributed by atoms with Gasteiger partial charge in [-0.15, -0.1) is 11.3 Å². The first kappa shape index (κ1) is 22.4. The van der Waals surface area contributed by atoms with Gasteiger partial charge >= 0.3 is 0 Å². The number of aryl methyl sites for hydroxylation is 2. The van der Waals surface area contributed by atoms with Crippen LogP contribution in [0.25, 0.3) is 10.2 Å². The smallest absolute Gasteiger partial charge is 0.263 e. The first-order chi connectivity index (χ1) is 13.2. The van der Waals surface area contributed by atoms with Crippen molar-refractivity contribution in [2.75, 3.05) is 25.4 Å². The second-order valence-electron chi connectivity index (χ2n) is 6.78. The molecule has 0 aliphatic heterocycles. The molecule has 7 nitrogen and oxygen atoms in total. The van der Waals surface area contributed by atoms with Crippen LogP contribution in [0, 0.1) is 13.8 Å². The van der Waals surface area contributed by atoms with Gasteiger partial charge in [-0.1, -0.05) is 11.8 Å². The monoisotopic (exact) mass is 424 g/mol. The number of hydrogen-bond donors (Lipinski definition) is 1.